The quantitative estimate of drug-likeness (QED) is 0.484. The van der Waals surface area contributed by atoms with Crippen LogP contribution in [-0.2, 0) is 0 Å². The lowest BCUT2D eigenvalue weighted by Crippen LogP contribution is -2.09. The zero-order valence-corrected chi connectivity index (χ0v) is 12.5. The molecule has 3 N–H and O–H groups in total. The SMILES string of the molecule is CC(C)c1cc(NN)c2cc(I)cc(Cl)c2n1. The molecular weight excluding hydrogens is 349 g/mol. The average molecular weight is 362 g/mol. The second-order valence-corrected chi connectivity index (χ2v) is 5.83. The van der Waals surface area contributed by atoms with Gasteiger partial charge in [-0.1, -0.05) is 25.4 Å². The van der Waals surface area contributed by atoms with Crippen LogP contribution in [0.3, 0.4) is 0 Å². The van der Waals surface area contributed by atoms with E-state index < -0.39 is 0 Å². The van der Waals surface area contributed by atoms with Crippen molar-refractivity contribution in [3.8, 4) is 0 Å². The minimum Gasteiger partial charge on any atom is -0.323 e. The van der Waals surface area contributed by atoms with Crippen molar-refractivity contribution in [1.82, 2.24) is 4.98 Å². The van der Waals surface area contributed by atoms with Crippen molar-refractivity contribution in [1.29, 1.82) is 0 Å². The lowest BCUT2D eigenvalue weighted by Gasteiger charge is -2.12. The Morgan fingerprint density at radius 1 is 1.35 bits per heavy atom. The zero-order chi connectivity index (χ0) is 12.6. The molecule has 17 heavy (non-hydrogen) atoms. The van der Waals surface area contributed by atoms with E-state index in [1.54, 1.807) is 0 Å². The van der Waals surface area contributed by atoms with Crippen molar-refractivity contribution in [2.75, 3.05) is 5.43 Å². The molecule has 0 saturated carbocycles. The Morgan fingerprint density at radius 2 is 2.06 bits per heavy atom. The molecule has 0 aliphatic heterocycles. The van der Waals surface area contributed by atoms with E-state index in [2.05, 4.69) is 46.8 Å². The van der Waals surface area contributed by atoms with Gasteiger partial charge in [0.15, 0.2) is 0 Å². The number of benzene rings is 1. The van der Waals surface area contributed by atoms with Gasteiger partial charge in [0.1, 0.15) is 0 Å². The van der Waals surface area contributed by atoms with E-state index >= 15 is 0 Å². The number of nitrogens with zero attached hydrogens (tertiary/aromatic N) is 1. The van der Waals surface area contributed by atoms with Crippen LogP contribution in [0.25, 0.3) is 10.9 Å². The Kier molecular flexibility index (Phi) is 3.75. The van der Waals surface area contributed by atoms with Gasteiger partial charge in [0.2, 0.25) is 0 Å². The molecule has 0 atom stereocenters. The normalized spacial score (nSPS) is 11.2. The van der Waals surface area contributed by atoms with E-state index in [1.165, 1.54) is 0 Å². The number of hydrogen-bond donors (Lipinski definition) is 2. The highest BCUT2D eigenvalue weighted by Crippen LogP contribution is 2.31. The number of nitrogen functional groups attached to an aromatic ring is 1. The van der Waals surface area contributed by atoms with Gasteiger partial charge in [0.05, 0.1) is 16.2 Å². The Bertz CT molecular complexity index is 569. The molecule has 0 spiro atoms. The van der Waals surface area contributed by atoms with Gasteiger partial charge in [0, 0.05) is 14.7 Å². The molecule has 0 aliphatic rings. The van der Waals surface area contributed by atoms with Crippen LogP contribution in [-0.4, -0.2) is 4.98 Å². The second kappa shape index (κ2) is 4.96. The highest BCUT2D eigenvalue weighted by atomic mass is 127. The molecule has 3 nitrogen and oxygen atoms in total. The maximum Gasteiger partial charge on any atom is 0.0913 e. The number of aromatic nitrogens is 1. The fourth-order valence-corrected chi connectivity index (χ4v) is 2.76. The van der Waals surface area contributed by atoms with E-state index in [9.17, 15) is 0 Å². The fraction of sp³-hybridized carbons (Fsp3) is 0.250. The van der Waals surface area contributed by atoms with Crippen molar-refractivity contribution < 1.29 is 0 Å². The van der Waals surface area contributed by atoms with Gasteiger partial charge >= 0.3 is 0 Å². The Balaban J connectivity index is 2.82. The number of nitrogens with one attached hydrogen (secondary N) is 1. The summed E-state index contributed by atoms with van der Waals surface area (Å²) in [5.74, 6) is 5.90. The standard InChI is InChI=1S/C12H13ClIN3/c1-6(2)10-5-11(17-15)8-3-7(14)4-9(13)12(8)16-10/h3-6H,15H2,1-2H3,(H,16,17). The number of fused-ring (bicyclic) bond motifs is 1. The fourth-order valence-electron chi connectivity index (χ4n) is 1.69. The van der Waals surface area contributed by atoms with Crippen LogP contribution in [0.5, 0.6) is 0 Å². The molecule has 2 aromatic rings. The first-order valence-electron chi connectivity index (χ1n) is 5.29. The number of pyridine rings is 1. The van der Waals surface area contributed by atoms with Crippen molar-refractivity contribution in [2.24, 2.45) is 5.84 Å². The highest BCUT2D eigenvalue weighted by molar-refractivity contribution is 14.1. The number of nitrogens with two attached hydrogens (primary N) is 1. The number of anilines is 1. The first kappa shape index (κ1) is 12.9. The van der Waals surface area contributed by atoms with Gasteiger partial charge in [-0.2, -0.15) is 0 Å². The van der Waals surface area contributed by atoms with Crippen LogP contribution >= 0.6 is 34.2 Å². The van der Waals surface area contributed by atoms with E-state index in [0.29, 0.717) is 10.9 Å². The van der Waals surface area contributed by atoms with Crippen molar-refractivity contribution in [3.63, 3.8) is 0 Å². The first-order chi connectivity index (χ1) is 8.02. The topological polar surface area (TPSA) is 50.9 Å². The molecular formula is C12H13ClIN3. The summed E-state index contributed by atoms with van der Waals surface area (Å²) in [6.45, 7) is 4.18. The molecule has 2 rings (SSSR count). The number of halogens is 2. The summed E-state index contributed by atoms with van der Waals surface area (Å²) in [6.07, 6.45) is 0. The summed E-state index contributed by atoms with van der Waals surface area (Å²) in [6, 6.07) is 5.90. The van der Waals surface area contributed by atoms with Crippen LogP contribution < -0.4 is 11.3 Å². The number of rotatable bonds is 2. The third kappa shape index (κ3) is 2.48. The van der Waals surface area contributed by atoms with Crippen LogP contribution in [0.2, 0.25) is 5.02 Å². The molecule has 1 heterocycles. The maximum atomic E-state index is 6.23. The van der Waals surface area contributed by atoms with Crippen molar-refractivity contribution in [2.45, 2.75) is 19.8 Å². The summed E-state index contributed by atoms with van der Waals surface area (Å²) < 4.78 is 1.07. The molecule has 90 valence electrons. The molecule has 5 heteroatoms. The Hall–Kier alpha value is -0.590. The monoisotopic (exact) mass is 361 g/mol. The molecule has 1 aromatic carbocycles. The molecule has 0 amide bonds. The summed E-state index contributed by atoms with van der Waals surface area (Å²) in [7, 11) is 0. The molecule has 0 bridgehead atoms. The molecule has 0 fully saturated rings. The van der Waals surface area contributed by atoms with E-state index in [-0.39, 0.29) is 0 Å². The first-order valence-corrected chi connectivity index (χ1v) is 6.75. The Labute approximate surface area is 119 Å². The minimum atomic E-state index is 0.335. The summed E-state index contributed by atoms with van der Waals surface area (Å²) in [4.78, 5) is 4.59. The van der Waals surface area contributed by atoms with Crippen molar-refractivity contribution >= 4 is 50.8 Å². The van der Waals surface area contributed by atoms with Crippen LogP contribution in [0.4, 0.5) is 5.69 Å². The molecule has 1 aromatic heterocycles. The van der Waals surface area contributed by atoms with Gasteiger partial charge in [-0.25, -0.2) is 0 Å². The summed E-state index contributed by atoms with van der Waals surface area (Å²) in [5, 5.41) is 1.61. The predicted octanol–water partition coefficient (Wildman–Crippen LogP) is 3.90. The number of hydrazine groups is 1. The zero-order valence-electron chi connectivity index (χ0n) is 9.59. The van der Waals surface area contributed by atoms with E-state index in [1.807, 2.05) is 18.2 Å². The van der Waals surface area contributed by atoms with Crippen LogP contribution in [0, 0.1) is 3.57 Å². The average Bonchev–Trinajstić information content (AvgIpc) is 2.27. The van der Waals surface area contributed by atoms with Gasteiger partial charge in [0.25, 0.3) is 0 Å². The summed E-state index contributed by atoms with van der Waals surface area (Å²) in [5.41, 5.74) is 5.36. The van der Waals surface area contributed by atoms with Crippen LogP contribution in [0.1, 0.15) is 25.5 Å². The molecule has 0 aliphatic carbocycles. The van der Waals surface area contributed by atoms with E-state index in [4.69, 9.17) is 17.4 Å². The van der Waals surface area contributed by atoms with Gasteiger partial charge in [-0.15, -0.1) is 0 Å². The molecule has 0 saturated heterocycles. The summed E-state index contributed by atoms with van der Waals surface area (Å²) >= 11 is 8.46. The lowest BCUT2D eigenvalue weighted by atomic mass is 10.1. The van der Waals surface area contributed by atoms with Gasteiger partial charge < -0.3 is 5.43 Å². The number of hydrogen-bond acceptors (Lipinski definition) is 3. The smallest absolute Gasteiger partial charge is 0.0913 e. The predicted molar refractivity (Wildman–Crippen MR) is 81.4 cm³/mol. The molecule has 0 radical (unpaired) electrons. The van der Waals surface area contributed by atoms with E-state index in [0.717, 1.165) is 25.9 Å². The largest absolute Gasteiger partial charge is 0.323 e. The lowest BCUT2D eigenvalue weighted by molar-refractivity contribution is 0.830. The Morgan fingerprint density at radius 3 is 2.65 bits per heavy atom. The molecule has 0 unspecified atom stereocenters. The highest BCUT2D eigenvalue weighted by Gasteiger charge is 2.11. The second-order valence-electron chi connectivity index (χ2n) is 4.18. The van der Waals surface area contributed by atoms with Crippen molar-refractivity contribution in [3.05, 3.63) is 32.5 Å². The van der Waals surface area contributed by atoms with Gasteiger partial charge in [-0.3, -0.25) is 10.8 Å². The maximum absolute atomic E-state index is 6.23. The third-order valence-electron chi connectivity index (χ3n) is 2.60. The van der Waals surface area contributed by atoms with Crippen LogP contribution in [0.15, 0.2) is 18.2 Å². The minimum absolute atomic E-state index is 0.335. The van der Waals surface area contributed by atoms with Gasteiger partial charge in [-0.05, 0) is 46.7 Å². The third-order valence-corrected chi connectivity index (χ3v) is 3.51.